The van der Waals surface area contributed by atoms with Crippen molar-refractivity contribution in [1.29, 1.82) is 0 Å². The lowest BCUT2D eigenvalue weighted by molar-refractivity contribution is 0.0910. The highest BCUT2D eigenvalue weighted by Gasteiger charge is 2.32. The van der Waals surface area contributed by atoms with Crippen LogP contribution in [0.4, 0.5) is 5.13 Å². The number of hydrogen-bond donors (Lipinski definition) is 2. The van der Waals surface area contributed by atoms with E-state index in [1.807, 2.05) is 31.4 Å². The molecule has 148 valence electrons. The summed E-state index contributed by atoms with van der Waals surface area (Å²) in [6.45, 7) is 3.96. The third-order valence-electron chi connectivity index (χ3n) is 4.83. The van der Waals surface area contributed by atoms with E-state index in [1.54, 1.807) is 12.1 Å². The van der Waals surface area contributed by atoms with Gasteiger partial charge in [-0.3, -0.25) is 19.7 Å². The Bertz CT molecular complexity index is 1180. The Hall–Kier alpha value is -2.77. The number of aromatic amines is 1. The lowest BCUT2D eigenvalue weighted by Gasteiger charge is -2.29. The standard InChI is InChI=1S/C21H18ClN3O3S/c1-21(2)8-15-13(17(26)9-21)7-14(18(27)23-15)19(28)25-20-24-16(10-29-20)11-3-5-12(22)6-4-11/h3-7,10H,8-9H2,1-2H3,(H,23,27)(H,24,25,28). The van der Waals surface area contributed by atoms with E-state index in [1.165, 1.54) is 17.4 Å². The lowest BCUT2D eigenvalue weighted by atomic mass is 9.75. The normalized spacial score (nSPS) is 15.1. The number of nitrogens with one attached hydrogen (secondary N) is 2. The second kappa shape index (κ2) is 7.24. The number of carbonyl (C=O) groups excluding carboxylic acids is 2. The topological polar surface area (TPSA) is 91.9 Å². The van der Waals surface area contributed by atoms with Crippen LogP contribution in [0.2, 0.25) is 5.02 Å². The first-order valence-corrected chi connectivity index (χ1v) is 10.3. The summed E-state index contributed by atoms with van der Waals surface area (Å²) in [6, 6.07) is 8.60. The number of fused-ring (bicyclic) bond motifs is 1. The first-order valence-electron chi connectivity index (χ1n) is 9.04. The summed E-state index contributed by atoms with van der Waals surface area (Å²) in [5.74, 6) is -0.662. The molecule has 8 heteroatoms. The Morgan fingerprint density at radius 2 is 1.93 bits per heavy atom. The van der Waals surface area contributed by atoms with Crippen LogP contribution in [0.1, 0.15) is 46.7 Å². The lowest BCUT2D eigenvalue weighted by Crippen LogP contribution is -2.32. The number of anilines is 1. The molecular weight excluding hydrogens is 410 g/mol. The van der Waals surface area contributed by atoms with Crippen LogP contribution in [0.15, 0.2) is 40.5 Å². The van der Waals surface area contributed by atoms with Crippen molar-refractivity contribution in [3.05, 3.63) is 67.9 Å². The molecule has 2 heterocycles. The van der Waals surface area contributed by atoms with E-state index < -0.39 is 11.5 Å². The van der Waals surface area contributed by atoms with Gasteiger partial charge in [-0.1, -0.05) is 37.6 Å². The molecule has 1 aliphatic carbocycles. The molecule has 2 aromatic heterocycles. The summed E-state index contributed by atoms with van der Waals surface area (Å²) < 4.78 is 0. The fourth-order valence-electron chi connectivity index (χ4n) is 3.45. The molecule has 0 fully saturated rings. The van der Waals surface area contributed by atoms with Crippen LogP contribution in [0.25, 0.3) is 11.3 Å². The SMILES string of the molecule is CC1(C)CC(=O)c2cc(C(=O)Nc3nc(-c4ccc(Cl)cc4)cs3)c(=O)[nH]c2C1. The predicted molar refractivity (Wildman–Crippen MR) is 114 cm³/mol. The number of thiazole rings is 1. The van der Waals surface area contributed by atoms with Crippen LogP contribution in [0.3, 0.4) is 0 Å². The van der Waals surface area contributed by atoms with Crippen LogP contribution in [0, 0.1) is 5.41 Å². The number of hydrogen-bond acceptors (Lipinski definition) is 5. The van der Waals surface area contributed by atoms with Crippen LogP contribution < -0.4 is 10.9 Å². The average Bonchev–Trinajstić information content (AvgIpc) is 3.09. The van der Waals surface area contributed by atoms with Crippen molar-refractivity contribution in [3.8, 4) is 11.3 Å². The third-order valence-corrected chi connectivity index (χ3v) is 5.84. The van der Waals surface area contributed by atoms with E-state index in [0.29, 0.717) is 39.9 Å². The summed E-state index contributed by atoms with van der Waals surface area (Å²) in [5, 5.41) is 5.45. The summed E-state index contributed by atoms with van der Waals surface area (Å²) in [7, 11) is 0. The number of amides is 1. The molecule has 0 saturated heterocycles. The number of rotatable bonds is 3. The first kappa shape index (κ1) is 19.5. The van der Waals surface area contributed by atoms with Gasteiger partial charge in [0.05, 0.1) is 5.69 Å². The third kappa shape index (κ3) is 4.02. The molecule has 3 aromatic rings. The van der Waals surface area contributed by atoms with Gasteiger partial charge in [0.2, 0.25) is 0 Å². The summed E-state index contributed by atoms with van der Waals surface area (Å²) in [6.07, 6.45) is 0.964. The molecule has 0 aliphatic heterocycles. The van der Waals surface area contributed by atoms with Gasteiger partial charge in [-0.15, -0.1) is 11.3 Å². The fraction of sp³-hybridized carbons (Fsp3) is 0.238. The number of Topliss-reactive ketones (excluding diaryl/α,β-unsaturated/α-hetero) is 1. The molecule has 0 saturated carbocycles. The number of aromatic nitrogens is 2. The quantitative estimate of drug-likeness (QED) is 0.640. The van der Waals surface area contributed by atoms with E-state index >= 15 is 0 Å². The zero-order valence-electron chi connectivity index (χ0n) is 15.8. The monoisotopic (exact) mass is 427 g/mol. The van der Waals surface area contributed by atoms with Gasteiger partial charge < -0.3 is 4.98 Å². The zero-order valence-corrected chi connectivity index (χ0v) is 17.4. The van der Waals surface area contributed by atoms with E-state index in [-0.39, 0.29) is 16.8 Å². The Balaban J connectivity index is 1.58. The molecule has 0 unspecified atom stereocenters. The molecule has 29 heavy (non-hydrogen) atoms. The number of pyridine rings is 1. The van der Waals surface area contributed by atoms with Crippen molar-refractivity contribution >= 4 is 39.8 Å². The molecular formula is C21H18ClN3O3S. The van der Waals surface area contributed by atoms with Crippen molar-refractivity contribution in [2.24, 2.45) is 5.41 Å². The van der Waals surface area contributed by atoms with Gasteiger partial charge in [-0.2, -0.15) is 0 Å². The number of H-pyrrole nitrogens is 1. The number of nitrogens with zero attached hydrogens (tertiary/aromatic N) is 1. The van der Waals surface area contributed by atoms with Gasteiger partial charge in [-0.05, 0) is 30.0 Å². The van der Waals surface area contributed by atoms with E-state index in [9.17, 15) is 14.4 Å². The highest BCUT2D eigenvalue weighted by molar-refractivity contribution is 7.14. The van der Waals surface area contributed by atoms with Gasteiger partial charge in [0.1, 0.15) is 5.56 Å². The molecule has 4 rings (SSSR count). The number of halogens is 1. The molecule has 0 radical (unpaired) electrons. The summed E-state index contributed by atoms with van der Waals surface area (Å²) >= 11 is 7.15. The molecule has 6 nitrogen and oxygen atoms in total. The Kier molecular flexibility index (Phi) is 4.88. The van der Waals surface area contributed by atoms with E-state index in [4.69, 9.17) is 11.6 Å². The average molecular weight is 428 g/mol. The zero-order chi connectivity index (χ0) is 20.8. The van der Waals surface area contributed by atoms with Crippen LogP contribution in [-0.2, 0) is 6.42 Å². The minimum atomic E-state index is -0.594. The van der Waals surface area contributed by atoms with E-state index in [2.05, 4.69) is 15.3 Å². The van der Waals surface area contributed by atoms with Gasteiger partial charge in [0.15, 0.2) is 10.9 Å². The second-order valence-corrected chi connectivity index (χ2v) is 9.14. The largest absolute Gasteiger partial charge is 0.325 e. The molecule has 0 atom stereocenters. The fourth-order valence-corrected chi connectivity index (χ4v) is 4.29. The molecule has 0 bridgehead atoms. The van der Waals surface area contributed by atoms with Gasteiger partial charge in [0.25, 0.3) is 11.5 Å². The molecule has 1 aromatic carbocycles. The van der Waals surface area contributed by atoms with Crippen molar-refractivity contribution in [1.82, 2.24) is 9.97 Å². The van der Waals surface area contributed by atoms with Crippen molar-refractivity contribution in [2.75, 3.05) is 5.32 Å². The Morgan fingerprint density at radius 1 is 1.21 bits per heavy atom. The van der Waals surface area contributed by atoms with Crippen LogP contribution >= 0.6 is 22.9 Å². The highest BCUT2D eigenvalue weighted by atomic mass is 35.5. The van der Waals surface area contributed by atoms with Crippen LogP contribution in [-0.4, -0.2) is 21.7 Å². The molecule has 1 aliphatic rings. The maximum Gasteiger partial charge on any atom is 0.263 e. The predicted octanol–water partition coefficient (Wildman–Crippen LogP) is 4.56. The molecule has 0 spiro atoms. The van der Waals surface area contributed by atoms with Gasteiger partial charge in [-0.25, -0.2) is 4.98 Å². The molecule has 2 N–H and O–H groups in total. The Labute approximate surface area is 176 Å². The number of benzene rings is 1. The smallest absolute Gasteiger partial charge is 0.263 e. The van der Waals surface area contributed by atoms with Crippen LogP contribution in [0.5, 0.6) is 0 Å². The maximum atomic E-state index is 12.7. The summed E-state index contributed by atoms with van der Waals surface area (Å²) in [5.41, 5.74) is 1.74. The Morgan fingerprint density at radius 3 is 2.66 bits per heavy atom. The van der Waals surface area contributed by atoms with Crippen molar-refractivity contribution in [3.63, 3.8) is 0 Å². The number of carbonyl (C=O) groups is 2. The van der Waals surface area contributed by atoms with Gasteiger partial charge >= 0.3 is 0 Å². The molecule has 1 amide bonds. The van der Waals surface area contributed by atoms with Gasteiger partial charge in [0, 0.05) is 33.6 Å². The highest BCUT2D eigenvalue weighted by Crippen LogP contribution is 2.33. The maximum absolute atomic E-state index is 12.7. The van der Waals surface area contributed by atoms with Crippen molar-refractivity contribution < 1.29 is 9.59 Å². The minimum Gasteiger partial charge on any atom is -0.325 e. The van der Waals surface area contributed by atoms with Crippen molar-refractivity contribution in [2.45, 2.75) is 26.7 Å². The summed E-state index contributed by atoms with van der Waals surface area (Å²) in [4.78, 5) is 44.7. The minimum absolute atomic E-state index is 0.0687. The first-order chi connectivity index (χ1) is 13.7. The van der Waals surface area contributed by atoms with E-state index in [0.717, 1.165) is 5.56 Å². The second-order valence-electron chi connectivity index (χ2n) is 7.84. The number of ketones is 1.